The fraction of sp³-hybridized carbons (Fsp3) is 0.571. The summed E-state index contributed by atoms with van der Waals surface area (Å²) in [7, 11) is 0. The van der Waals surface area contributed by atoms with E-state index in [-0.39, 0.29) is 5.70 Å². The van der Waals surface area contributed by atoms with Crippen LogP contribution in [0.3, 0.4) is 0 Å². The maximum Gasteiger partial charge on any atom is 0.259 e. The van der Waals surface area contributed by atoms with Crippen LogP contribution in [0.4, 0.5) is 0 Å². The number of rotatable bonds is 1. The summed E-state index contributed by atoms with van der Waals surface area (Å²) in [5.74, 6) is 0. The molecule has 0 aromatic carbocycles. The summed E-state index contributed by atoms with van der Waals surface area (Å²) in [5, 5.41) is 18.8. The highest BCUT2D eigenvalue weighted by Gasteiger charge is 2.21. The molecule has 0 saturated carbocycles. The minimum atomic E-state index is -0.433. The maximum atomic E-state index is 10.3. The van der Waals surface area contributed by atoms with E-state index in [1.54, 1.807) is 0 Å². The zero-order valence-corrected chi connectivity index (χ0v) is 6.04. The highest BCUT2D eigenvalue weighted by molar-refractivity contribution is 5.25. The number of hydrogen-bond acceptors (Lipinski definition) is 3. The van der Waals surface area contributed by atoms with E-state index in [9.17, 15) is 10.1 Å². The van der Waals surface area contributed by atoms with Crippen LogP contribution in [0.25, 0.3) is 0 Å². The van der Waals surface area contributed by atoms with Gasteiger partial charge in [-0.15, -0.1) is 0 Å². The van der Waals surface area contributed by atoms with Gasteiger partial charge in [0.05, 0.1) is 4.92 Å². The Bertz CT molecular complexity index is 250. The number of allylic oxidation sites excluding steroid dienone is 2. The molecule has 0 aliphatic heterocycles. The average molecular weight is 152 g/mol. The minimum Gasteiger partial charge on any atom is -0.259 e. The molecular weight excluding hydrogens is 144 g/mol. The third-order valence-corrected chi connectivity index (χ3v) is 1.79. The lowest BCUT2D eigenvalue weighted by atomic mass is 9.98. The van der Waals surface area contributed by atoms with Crippen molar-refractivity contribution in [2.45, 2.75) is 25.7 Å². The predicted octanol–water partition coefficient (Wildman–Crippen LogP) is 1.61. The third kappa shape index (κ3) is 1.55. The van der Waals surface area contributed by atoms with Crippen LogP contribution in [0.1, 0.15) is 25.7 Å². The van der Waals surface area contributed by atoms with E-state index >= 15 is 0 Å². The van der Waals surface area contributed by atoms with Crippen LogP contribution in [-0.2, 0) is 0 Å². The van der Waals surface area contributed by atoms with E-state index in [0.29, 0.717) is 18.4 Å². The molecule has 0 fully saturated rings. The Balaban J connectivity index is 2.93. The normalized spacial score (nSPS) is 17.7. The van der Waals surface area contributed by atoms with Crippen LogP contribution in [0.5, 0.6) is 0 Å². The van der Waals surface area contributed by atoms with Crippen molar-refractivity contribution in [3.63, 3.8) is 0 Å². The Morgan fingerprint density at radius 1 is 1.45 bits per heavy atom. The lowest BCUT2D eigenvalue weighted by Gasteiger charge is -2.07. The van der Waals surface area contributed by atoms with E-state index in [2.05, 4.69) is 0 Å². The first-order chi connectivity index (χ1) is 5.25. The van der Waals surface area contributed by atoms with Gasteiger partial charge in [-0.1, -0.05) is 0 Å². The summed E-state index contributed by atoms with van der Waals surface area (Å²) in [4.78, 5) is 9.89. The van der Waals surface area contributed by atoms with E-state index in [1.807, 2.05) is 6.07 Å². The SMILES string of the molecule is N#CC1=C([N+](=O)[O-])CCCC1. The summed E-state index contributed by atoms with van der Waals surface area (Å²) >= 11 is 0. The smallest absolute Gasteiger partial charge is 0.259 e. The van der Waals surface area contributed by atoms with Gasteiger partial charge in [-0.2, -0.15) is 5.26 Å². The lowest BCUT2D eigenvalue weighted by molar-refractivity contribution is -0.429. The first-order valence-electron chi connectivity index (χ1n) is 3.52. The fourth-order valence-electron chi connectivity index (χ4n) is 1.21. The van der Waals surface area contributed by atoms with Crippen LogP contribution < -0.4 is 0 Å². The molecule has 11 heavy (non-hydrogen) atoms. The predicted molar refractivity (Wildman–Crippen MR) is 38.1 cm³/mol. The summed E-state index contributed by atoms with van der Waals surface area (Å²) in [6, 6.07) is 1.87. The largest absolute Gasteiger partial charge is 0.259 e. The van der Waals surface area contributed by atoms with Crippen molar-refractivity contribution in [2.24, 2.45) is 0 Å². The summed E-state index contributed by atoms with van der Waals surface area (Å²) in [6.07, 6.45) is 2.77. The molecule has 0 unspecified atom stereocenters. The van der Waals surface area contributed by atoms with E-state index in [4.69, 9.17) is 5.26 Å². The molecule has 58 valence electrons. The van der Waals surface area contributed by atoms with Crippen molar-refractivity contribution in [1.82, 2.24) is 0 Å². The average Bonchev–Trinajstić information content (AvgIpc) is 2.04. The standard InChI is InChI=1S/C7H8N2O2/c8-5-6-3-1-2-4-7(6)9(10)11/h1-4H2. The second kappa shape index (κ2) is 3.15. The van der Waals surface area contributed by atoms with Crippen LogP contribution >= 0.6 is 0 Å². The molecule has 0 aromatic heterocycles. The molecule has 1 rings (SSSR count). The molecule has 0 heterocycles. The second-order valence-corrected chi connectivity index (χ2v) is 2.50. The molecule has 4 heteroatoms. The van der Waals surface area contributed by atoms with Gasteiger partial charge in [-0.3, -0.25) is 10.1 Å². The molecule has 4 nitrogen and oxygen atoms in total. The van der Waals surface area contributed by atoms with E-state index in [0.717, 1.165) is 12.8 Å². The van der Waals surface area contributed by atoms with Gasteiger partial charge in [-0.25, -0.2) is 0 Å². The van der Waals surface area contributed by atoms with Crippen LogP contribution in [0.15, 0.2) is 11.3 Å². The van der Waals surface area contributed by atoms with Gasteiger partial charge in [0.2, 0.25) is 0 Å². The molecule has 0 spiro atoms. The second-order valence-electron chi connectivity index (χ2n) is 2.50. The van der Waals surface area contributed by atoms with Gasteiger partial charge in [0, 0.05) is 6.42 Å². The quantitative estimate of drug-likeness (QED) is 0.423. The zero-order chi connectivity index (χ0) is 8.27. The van der Waals surface area contributed by atoms with Crippen LogP contribution in [0.2, 0.25) is 0 Å². The lowest BCUT2D eigenvalue weighted by Crippen LogP contribution is -2.06. The summed E-state index contributed by atoms with van der Waals surface area (Å²) < 4.78 is 0. The molecule has 1 aliphatic carbocycles. The minimum absolute atomic E-state index is 0.124. The molecule has 0 N–H and O–H groups in total. The highest BCUT2D eigenvalue weighted by Crippen LogP contribution is 2.23. The van der Waals surface area contributed by atoms with Gasteiger partial charge in [0.1, 0.15) is 11.6 Å². The maximum absolute atomic E-state index is 10.3. The van der Waals surface area contributed by atoms with Crippen molar-refractivity contribution in [1.29, 1.82) is 5.26 Å². The Morgan fingerprint density at radius 2 is 2.09 bits per heavy atom. The van der Waals surface area contributed by atoms with Crippen molar-refractivity contribution >= 4 is 0 Å². The van der Waals surface area contributed by atoms with Crippen molar-refractivity contribution in [3.05, 3.63) is 21.4 Å². The molecule has 0 aromatic rings. The molecule has 0 amide bonds. The zero-order valence-electron chi connectivity index (χ0n) is 6.04. The van der Waals surface area contributed by atoms with Gasteiger partial charge in [-0.05, 0) is 19.3 Å². The molecule has 0 saturated heterocycles. The first kappa shape index (κ1) is 7.73. The topological polar surface area (TPSA) is 66.9 Å². The van der Waals surface area contributed by atoms with Gasteiger partial charge >= 0.3 is 0 Å². The highest BCUT2D eigenvalue weighted by atomic mass is 16.6. The molecule has 0 radical (unpaired) electrons. The first-order valence-corrected chi connectivity index (χ1v) is 3.52. The Labute approximate surface area is 64.3 Å². The van der Waals surface area contributed by atoms with Gasteiger partial charge < -0.3 is 0 Å². The Kier molecular flexibility index (Phi) is 2.21. The molecular formula is C7H8N2O2. The van der Waals surface area contributed by atoms with Crippen LogP contribution in [-0.4, -0.2) is 4.92 Å². The summed E-state index contributed by atoms with van der Waals surface area (Å²) in [5.41, 5.74) is 0.486. The number of hydrogen-bond donors (Lipinski definition) is 0. The Morgan fingerprint density at radius 3 is 2.55 bits per heavy atom. The van der Waals surface area contributed by atoms with Gasteiger partial charge in [0.25, 0.3) is 5.70 Å². The van der Waals surface area contributed by atoms with E-state index < -0.39 is 4.92 Å². The van der Waals surface area contributed by atoms with Gasteiger partial charge in [0.15, 0.2) is 0 Å². The fourth-order valence-corrected chi connectivity index (χ4v) is 1.21. The number of nitriles is 1. The number of nitrogens with zero attached hydrogens (tertiary/aromatic N) is 2. The van der Waals surface area contributed by atoms with Crippen molar-refractivity contribution in [2.75, 3.05) is 0 Å². The third-order valence-electron chi connectivity index (χ3n) is 1.79. The van der Waals surface area contributed by atoms with E-state index in [1.165, 1.54) is 0 Å². The monoisotopic (exact) mass is 152 g/mol. The van der Waals surface area contributed by atoms with Crippen LogP contribution in [0, 0.1) is 21.4 Å². The van der Waals surface area contributed by atoms with Crippen molar-refractivity contribution < 1.29 is 4.92 Å². The molecule has 0 bridgehead atoms. The Hall–Kier alpha value is -1.37. The van der Waals surface area contributed by atoms with Crippen molar-refractivity contribution in [3.8, 4) is 6.07 Å². The molecule has 0 atom stereocenters. The molecule has 1 aliphatic rings. The summed E-state index contributed by atoms with van der Waals surface area (Å²) in [6.45, 7) is 0. The number of nitro groups is 1.